The van der Waals surface area contributed by atoms with Gasteiger partial charge in [0.1, 0.15) is 5.75 Å². The highest BCUT2D eigenvalue weighted by molar-refractivity contribution is 5.80. The van der Waals surface area contributed by atoms with Crippen molar-refractivity contribution in [2.45, 2.75) is 19.8 Å². The Morgan fingerprint density at radius 3 is 3.06 bits per heavy atom. The third kappa shape index (κ3) is 3.39. The summed E-state index contributed by atoms with van der Waals surface area (Å²) in [7, 11) is 1.72. The van der Waals surface area contributed by atoms with Crippen LogP contribution in [0, 0.1) is 6.92 Å². The second kappa shape index (κ2) is 6.28. The van der Waals surface area contributed by atoms with E-state index >= 15 is 0 Å². The molecule has 1 aromatic carbocycles. The van der Waals surface area contributed by atoms with Gasteiger partial charge in [-0.25, -0.2) is 0 Å². The van der Waals surface area contributed by atoms with E-state index in [4.69, 9.17) is 4.74 Å². The van der Waals surface area contributed by atoms with Gasteiger partial charge >= 0.3 is 0 Å². The van der Waals surface area contributed by atoms with Crippen molar-refractivity contribution in [2.75, 3.05) is 26.7 Å². The van der Waals surface area contributed by atoms with Gasteiger partial charge in [0.2, 0.25) is 0 Å². The number of hydrogen-bond donors (Lipinski definition) is 2. The average molecular weight is 247 g/mol. The molecule has 2 N–H and O–H groups in total. The van der Waals surface area contributed by atoms with E-state index in [1.54, 1.807) is 7.11 Å². The quantitative estimate of drug-likeness (QED) is 0.847. The van der Waals surface area contributed by atoms with Crippen LogP contribution in [-0.4, -0.2) is 32.7 Å². The molecule has 2 rings (SSSR count). The van der Waals surface area contributed by atoms with Crippen LogP contribution in [0.1, 0.15) is 17.5 Å². The van der Waals surface area contributed by atoms with Crippen LogP contribution < -0.4 is 15.4 Å². The molecule has 0 bridgehead atoms. The molecule has 4 nitrogen and oxygen atoms in total. The number of rotatable bonds is 4. The number of guanidine groups is 1. The van der Waals surface area contributed by atoms with E-state index in [0.717, 1.165) is 44.2 Å². The highest BCUT2D eigenvalue weighted by Crippen LogP contribution is 2.19. The molecule has 0 aromatic heterocycles. The van der Waals surface area contributed by atoms with Crippen molar-refractivity contribution in [2.24, 2.45) is 4.99 Å². The summed E-state index contributed by atoms with van der Waals surface area (Å²) < 4.78 is 5.37. The molecule has 1 aliphatic heterocycles. The first-order valence-electron chi connectivity index (χ1n) is 6.45. The standard InChI is InChI=1S/C14H21N3O/c1-11-4-5-13(18-2)12(10-11)6-9-17-14-15-7-3-8-16-14/h4-5,10H,3,6-9H2,1-2H3,(H2,15,16,17). The Morgan fingerprint density at radius 2 is 2.33 bits per heavy atom. The first kappa shape index (κ1) is 12.7. The smallest absolute Gasteiger partial charge is 0.191 e. The summed E-state index contributed by atoms with van der Waals surface area (Å²) in [4.78, 5) is 4.38. The molecule has 1 aliphatic rings. The molecule has 18 heavy (non-hydrogen) atoms. The van der Waals surface area contributed by atoms with Crippen molar-refractivity contribution in [1.82, 2.24) is 10.6 Å². The number of aryl methyl sites for hydroxylation is 1. The second-order valence-corrected chi connectivity index (χ2v) is 4.50. The van der Waals surface area contributed by atoms with Crippen molar-refractivity contribution in [3.8, 4) is 5.75 Å². The van der Waals surface area contributed by atoms with Crippen LogP contribution in [0.25, 0.3) is 0 Å². The zero-order valence-corrected chi connectivity index (χ0v) is 11.1. The molecule has 0 fully saturated rings. The van der Waals surface area contributed by atoms with Gasteiger partial charge in [-0.2, -0.15) is 0 Å². The van der Waals surface area contributed by atoms with Gasteiger partial charge in [0, 0.05) is 19.6 Å². The minimum Gasteiger partial charge on any atom is -0.496 e. The van der Waals surface area contributed by atoms with Gasteiger partial charge in [-0.05, 0) is 31.4 Å². The van der Waals surface area contributed by atoms with Gasteiger partial charge in [-0.1, -0.05) is 17.7 Å². The van der Waals surface area contributed by atoms with Crippen molar-refractivity contribution < 1.29 is 4.74 Å². The van der Waals surface area contributed by atoms with E-state index in [9.17, 15) is 0 Å². The van der Waals surface area contributed by atoms with E-state index in [2.05, 4.69) is 34.7 Å². The molecule has 1 heterocycles. The summed E-state index contributed by atoms with van der Waals surface area (Å²) in [6.07, 6.45) is 2.06. The summed E-state index contributed by atoms with van der Waals surface area (Å²) in [5, 5.41) is 6.58. The Hall–Kier alpha value is -1.71. The lowest BCUT2D eigenvalue weighted by Crippen LogP contribution is -2.41. The molecule has 0 amide bonds. The Bertz CT molecular complexity index is 429. The number of ether oxygens (including phenoxy) is 1. The maximum absolute atomic E-state index is 5.37. The number of nitrogens with one attached hydrogen (secondary N) is 2. The lowest BCUT2D eigenvalue weighted by atomic mass is 10.1. The zero-order chi connectivity index (χ0) is 12.8. The third-order valence-electron chi connectivity index (χ3n) is 3.02. The fourth-order valence-electron chi connectivity index (χ4n) is 2.07. The van der Waals surface area contributed by atoms with Gasteiger partial charge in [0.25, 0.3) is 0 Å². The largest absolute Gasteiger partial charge is 0.496 e. The van der Waals surface area contributed by atoms with Crippen LogP contribution >= 0.6 is 0 Å². The Kier molecular flexibility index (Phi) is 4.45. The highest BCUT2D eigenvalue weighted by Gasteiger charge is 2.05. The van der Waals surface area contributed by atoms with Crippen molar-refractivity contribution in [1.29, 1.82) is 0 Å². The van der Waals surface area contributed by atoms with Gasteiger partial charge in [-0.3, -0.25) is 4.99 Å². The molecule has 0 saturated carbocycles. The molecule has 0 radical (unpaired) electrons. The normalized spacial score (nSPS) is 14.7. The van der Waals surface area contributed by atoms with E-state index in [1.807, 2.05) is 6.07 Å². The van der Waals surface area contributed by atoms with E-state index in [0.29, 0.717) is 0 Å². The number of nitrogens with zero attached hydrogens (tertiary/aromatic N) is 1. The van der Waals surface area contributed by atoms with Crippen LogP contribution in [0.2, 0.25) is 0 Å². The monoisotopic (exact) mass is 247 g/mol. The lowest BCUT2D eigenvalue weighted by molar-refractivity contribution is 0.409. The second-order valence-electron chi connectivity index (χ2n) is 4.50. The number of aliphatic imine (C=N–C) groups is 1. The maximum atomic E-state index is 5.37. The Morgan fingerprint density at radius 1 is 1.44 bits per heavy atom. The van der Waals surface area contributed by atoms with Crippen molar-refractivity contribution in [3.63, 3.8) is 0 Å². The molecule has 0 saturated heterocycles. The van der Waals surface area contributed by atoms with Crippen LogP contribution in [0.3, 0.4) is 0 Å². The number of methoxy groups -OCH3 is 1. The summed E-state index contributed by atoms with van der Waals surface area (Å²) in [5.74, 6) is 1.88. The topological polar surface area (TPSA) is 45.6 Å². The van der Waals surface area contributed by atoms with Gasteiger partial charge in [-0.15, -0.1) is 0 Å². The molecule has 0 unspecified atom stereocenters. The van der Waals surface area contributed by atoms with E-state index in [-0.39, 0.29) is 0 Å². The van der Waals surface area contributed by atoms with Gasteiger partial charge in [0.05, 0.1) is 7.11 Å². The van der Waals surface area contributed by atoms with E-state index in [1.165, 1.54) is 11.1 Å². The molecule has 1 aromatic rings. The first-order chi connectivity index (χ1) is 8.79. The van der Waals surface area contributed by atoms with Crippen LogP contribution in [0.15, 0.2) is 23.2 Å². The molecule has 98 valence electrons. The van der Waals surface area contributed by atoms with Crippen molar-refractivity contribution in [3.05, 3.63) is 29.3 Å². The van der Waals surface area contributed by atoms with Gasteiger partial charge in [0.15, 0.2) is 5.96 Å². The first-order valence-corrected chi connectivity index (χ1v) is 6.45. The van der Waals surface area contributed by atoms with E-state index < -0.39 is 0 Å². The molecule has 0 aliphatic carbocycles. The molecular weight excluding hydrogens is 226 g/mol. The summed E-state index contributed by atoms with van der Waals surface area (Å²) >= 11 is 0. The molecule has 0 spiro atoms. The lowest BCUT2D eigenvalue weighted by Gasteiger charge is -2.16. The highest BCUT2D eigenvalue weighted by atomic mass is 16.5. The zero-order valence-electron chi connectivity index (χ0n) is 11.1. The molecule has 0 atom stereocenters. The van der Waals surface area contributed by atoms with Crippen LogP contribution in [0.4, 0.5) is 0 Å². The Labute approximate surface area is 108 Å². The SMILES string of the molecule is COc1ccc(C)cc1CCNC1=NCCCN1. The molecule has 4 heteroatoms. The van der Waals surface area contributed by atoms with Crippen molar-refractivity contribution >= 4 is 5.96 Å². The predicted octanol–water partition coefficient (Wildman–Crippen LogP) is 1.49. The van der Waals surface area contributed by atoms with Crippen LogP contribution in [0.5, 0.6) is 5.75 Å². The molecular formula is C14H21N3O. The number of benzene rings is 1. The average Bonchev–Trinajstić information content (AvgIpc) is 2.40. The minimum atomic E-state index is 0.867. The summed E-state index contributed by atoms with van der Waals surface area (Å²) in [6.45, 7) is 4.90. The predicted molar refractivity (Wildman–Crippen MR) is 74.4 cm³/mol. The maximum Gasteiger partial charge on any atom is 0.191 e. The fourth-order valence-corrected chi connectivity index (χ4v) is 2.07. The summed E-state index contributed by atoms with van der Waals surface area (Å²) in [5.41, 5.74) is 2.50. The fraction of sp³-hybridized carbons (Fsp3) is 0.500. The Balaban J connectivity index is 1.89. The van der Waals surface area contributed by atoms with Crippen LogP contribution in [-0.2, 0) is 6.42 Å². The third-order valence-corrected chi connectivity index (χ3v) is 3.02. The summed E-state index contributed by atoms with van der Waals surface area (Å²) in [6, 6.07) is 6.28. The number of hydrogen-bond acceptors (Lipinski definition) is 4. The minimum absolute atomic E-state index is 0.867. The van der Waals surface area contributed by atoms with Gasteiger partial charge < -0.3 is 15.4 Å².